The lowest BCUT2D eigenvalue weighted by Crippen LogP contribution is -2.09. The highest BCUT2D eigenvalue weighted by Gasteiger charge is 2.19. The Bertz CT molecular complexity index is 549. The number of hydrogen-bond acceptors (Lipinski definition) is 4. The zero-order valence-electron chi connectivity index (χ0n) is 11.9. The van der Waals surface area contributed by atoms with Crippen LogP contribution in [0, 0.1) is 0 Å². The van der Waals surface area contributed by atoms with E-state index in [4.69, 9.17) is 14.9 Å². The van der Waals surface area contributed by atoms with Gasteiger partial charge in [0.05, 0.1) is 6.04 Å². The van der Waals surface area contributed by atoms with Crippen molar-refractivity contribution in [2.45, 2.75) is 44.8 Å². The topological polar surface area (TPSA) is 48.4 Å². The molecule has 0 bridgehead atoms. The number of ether oxygens (including phenoxy) is 1. The zero-order valence-corrected chi connectivity index (χ0v) is 12.7. The fraction of sp³-hybridized carbons (Fsp3) is 0.500. The van der Waals surface area contributed by atoms with Crippen LogP contribution in [0.5, 0.6) is 0 Å². The third kappa shape index (κ3) is 2.82. The molecular formula is C16H21NO2S. The summed E-state index contributed by atoms with van der Waals surface area (Å²) >= 11 is 1.86. The second-order valence-corrected chi connectivity index (χ2v) is 6.54. The first kappa shape index (κ1) is 13.9. The molecule has 0 saturated carbocycles. The lowest BCUT2D eigenvalue weighted by Gasteiger charge is -2.06. The van der Waals surface area contributed by atoms with E-state index in [9.17, 15) is 0 Å². The molecule has 0 amide bonds. The first-order valence-corrected chi connectivity index (χ1v) is 8.04. The van der Waals surface area contributed by atoms with Crippen LogP contribution < -0.4 is 5.73 Å². The van der Waals surface area contributed by atoms with Crippen molar-refractivity contribution in [1.82, 2.24) is 0 Å². The Kier molecular flexibility index (Phi) is 4.24. The Morgan fingerprint density at radius 3 is 3.00 bits per heavy atom. The van der Waals surface area contributed by atoms with Gasteiger partial charge in [-0.2, -0.15) is 0 Å². The van der Waals surface area contributed by atoms with Crippen LogP contribution >= 0.6 is 11.3 Å². The molecule has 20 heavy (non-hydrogen) atoms. The summed E-state index contributed by atoms with van der Waals surface area (Å²) in [7, 11) is 1.67. The number of nitrogens with two attached hydrogens (primary N) is 1. The molecule has 1 atom stereocenters. The number of furan rings is 1. The molecule has 0 aliphatic heterocycles. The number of fused-ring (bicyclic) bond motifs is 1. The van der Waals surface area contributed by atoms with Crippen LogP contribution in [0.2, 0.25) is 0 Å². The SMILES string of the molecule is COCc1ccc(C(N)c2cc3c(s2)CCCCC3)o1. The average molecular weight is 291 g/mol. The van der Waals surface area contributed by atoms with Crippen molar-refractivity contribution >= 4 is 11.3 Å². The van der Waals surface area contributed by atoms with Crippen LogP contribution in [0.25, 0.3) is 0 Å². The van der Waals surface area contributed by atoms with Crippen LogP contribution in [0.1, 0.15) is 52.1 Å². The van der Waals surface area contributed by atoms with Gasteiger partial charge in [-0.3, -0.25) is 0 Å². The molecule has 0 radical (unpaired) electrons. The predicted octanol–water partition coefficient (Wildman–Crippen LogP) is 3.80. The van der Waals surface area contributed by atoms with E-state index in [1.165, 1.54) is 47.4 Å². The van der Waals surface area contributed by atoms with Crippen molar-refractivity contribution in [2.24, 2.45) is 5.73 Å². The molecule has 0 fully saturated rings. The Labute approximate surface area is 123 Å². The molecule has 1 aliphatic rings. The summed E-state index contributed by atoms with van der Waals surface area (Å²) < 4.78 is 10.8. The van der Waals surface area contributed by atoms with E-state index in [2.05, 4.69) is 6.07 Å². The molecule has 2 aromatic rings. The highest BCUT2D eigenvalue weighted by molar-refractivity contribution is 7.12. The maximum atomic E-state index is 6.35. The van der Waals surface area contributed by atoms with Gasteiger partial charge in [0.25, 0.3) is 0 Å². The normalized spacial score (nSPS) is 16.7. The van der Waals surface area contributed by atoms with E-state index < -0.39 is 0 Å². The van der Waals surface area contributed by atoms with Gasteiger partial charge in [0.15, 0.2) is 0 Å². The van der Waals surface area contributed by atoms with Crippen LogP contribution in [0.15, 0.2) is 22.6 Å². The van der Waals surface area contributed by atoms with Crippen molar-refractivity contribution in [1.29, 1.82) is 0 Å². The van der Waals surface area contributed by atoms with Gasteiger partial charge in [0.1, 0.15) is 18.1 Å². The van der Waals surface area contributed by atoms with Crippen molar-refractivity contribution < 1.29 is 9.15 Å². The van der Waals surface area contributed by atoms with Gasteiger partial charge in [-0.05, 0) is 49.4 Å². The van der Waals surface area contributed by atoms with E-state index in [-0.39, 0.29) is 6.04 Å². The maximum absolute atomic E-state index is 6.35. The quantitative estimate of drug-likeness (QED) is 0.872. The summed E-state index contributed by atoms with van der Waals surface area (Å²) in [6.07, 6.45) is 6.37. The smallest absolute Gasteiger partial charge is 0.129 e. The monoisotopic (exact) mass is 291 g/mol. The predicted molar refractivity (Wildman–Crippen MR) is 81.0 cm³/mol. The van der Waals surface area contributed by atoms with Gasteiger partial charge >= 0.3 is 0 Å². The molecule has 4 heteroatoms. The average Bonchev–Trinajstić information content (AvgIpc) is 3.01. The van der Waals surface area contributed by atoms with E-state index >= 15 is 0 Å². The fourth-order valence-electron chi connectivity index (χ4n) is 2.77. The molecule has 2 heterocycles. The minimum atomic E-state index is -0.155. The summed E-state index contributed by atoms with van der Waals surface area (Å²) in [4.78, 5) is 2.74. The minimum absolute atomic E-state index is 0.155. The molecule has 1 unspecified atom stereocenters. The van der Waals surface area contributed by atoms with Crippen LogP contribution in [0.3, 0.4) is 0 Å². The summed E-state index contributed by atoms with van der Waals surface area (Å²) in [6.45, 7) is 0.494. The lowest BCUT2D eigenvalue weighted by molar-refractivity contribution is 0.162. The standard InChI is InChI=1S/C16H21NO2S/c1-18-10-12-7-8-13(19-12)16(17)15-9-11-5-3-2-4-6-14(11)20-15/h7-9,16H,2-6,10,17H2,1H3. The Balaban J connectivity index is 1.80. The number of hydrogen-bond donors (Lipinski definition) is 1. The minimum Gasteiger partial charge on any atom is -0.462 e. The van der Waals surface area contributed by atoms with E-state index in [1.54, 1.807) is 7.11 Å². The van der Waals surface area contributed by atoms with Crippen LogP contribution in [-0.4, -0.2) is 7.11 Å². The Morgan fingerprint density at radius 1 is 1.30 bits per heavy atom. The summed E-state index contributed by atoms with van der Waals surface area (Å²) in [6, 6.07) is 6.04. The zero-order chi connectivity index (χ0) is 13.9. The fourth-order valence-corrected chi connectivity index (χ4v) is 4.03. The third-order valence-corrected chi connectivity index (χ3v) is 5.17. The van der Waals surface area contributed by atoms with Gasteiger partial charge in [-0.25, -0.2) is 0 Å². The molecule has 108 valence electrons. The number of thiophene rings is 1. The molecular weight excluding hydrogens is 270 g/mol. The first-order chi connectivity index (χ1) is 9.78. The molecule has 2 aromatic heterocycles. The second-order valence-electron chi connectivity index (χ2n) is 5.37. The molecule has 3 nitrogen and oxygen atoms in total. The molecule has 0 spiro atoms. The molecule has 1 aliphatic carbocycles. The van der Waals surface area contributed by atoms with Crippen molar-refractivity contribution in [3.8, 4) is 0 Å². The number of methoxy groups -OCH3 is 1. The van der Waals surface area contributed by atoms with Gasteiger partial charge in [-0.1, -0.05) is 6.42 Å². The molecule has 0 aromatic carbocycles. The third-order valence-electron chi connectivity index (χ3n) is 3.85. The van der Waals surface area contributed by atoms with E-state index in [1.807, 2.05) is 23.5 Å². The summed E-state index contributed by atoms with van der Waals surface area (Å²) in [5.74, 6) is 1.66. The van der Waals surface area contributed by atoms with Crippen LogP contribution in [-0.2, 0) is 24.2 Å². The van der Waals surface area contributed by atoms with E-state index in [0.717, 1.165) is 11.5 Å². The Morgan fingerprint density at radius 2 is 2.15 bits per heavy atom. The van der Waals surface area contributed by atoms with Crippen molar-refractivity contribution in [3.63, 3.8) is 0 Å². The largest absolute Gasteiger partial charge is 0.462 e. The Hall–Kier alpha value is -1.10. The highest BCUT2D eigenvalue weighted by Crippen LogP contribution is 2.34. The van der Waals surface area contributed by atoms with Gasteiger partial charge in [0, 0.05) is 16.9 Å². The maximum Gasteiger partial charge on any atom is 0.129 e. The number of aryl methyl sites for hydroxylation is 2. The van der Waals surface area contributed by atoms with Gasteiger partial charge in [-0.15, -0.1) is 11.3 Å². The van der Waals surface area contributed by atoms with E-state index in [0.29, 0.717) is 6.61 Å². The highest BCUT2D eigenvalue weighted by atomic mass is 32.1. The summed E-state index contributed by atoms with van der Waals surface area (Å²) in [5, 5.41) is 0. The molecule has 2 N–H and O–H groups in total. The first-order valence-electron chi connectivity index (χ1n) is 7.22. The second kappa shape index (κ2) is 6.12. The number of rotatable bonds is 4. The van der Waals surface area contributed by atoms with Crippen molar-refractivity contribution in [2.75, 3.05) is 7.11 Å². The van der Waals surface area contributed by atoms with Crippen LogP contribution in [0.4, 0.5) is 0 Å². The van der Waals surface area contributed by atoms with Crippen molar-refractivity contribution in [3.05, 3.63) is 45.0 Å². The molecule has 3 rings (SSSR count). The van der Waals surface area contributed by atoms with Gasteiger partial charge < -0.3 is 14.9 Å². The van der Waals surface area contributed by atoms with Gasteiger partial charge in [0.2, 0.25) is 0 Å². The molecule has 0 saturated heterocycles. The summed E-state index contributed by atoms with van der Waals surface area (Å²) in [5.41, 5.74) is 7.85. The lowest BCUT2D eigenvalue weighted by atomic mass is 10.1.